The Hall–Kier alpha value is -2.67. The molecule has 32 heavy (non-hydrogen) atoms. The number of rotatable bonds is 7. The summed E-state index contributed by atoms with van der Waals surface area (Å²) in [6, 6.07) is 11.4. The zero-order valence-electron chi connectivity index (χ0n) is 18.7. The predicted octanol–water partition coefficient (Wildman–Crippen LogP) is 3.34. The van der Waals surface area contributed by atoms with Gasteiger partial charge in [-0.2, -0.15) is 0 Å². The van der Waals surface area contributed by atoms with Crippen LogP contribution >= 0.6 is 11.6 Å². The Morgan fingerprint density at radius 3 is 2.38 bits per heavy atom. The van der Waals surface area contributed by atoms with E-state index in [1.165, 1.54) is 0 Å². The minimum absolute atomic E-state index is 0.0273. The summed E-state index contributed by atoms with van der Waals surface area (Å²) >= 11 is 6.26. The predicted molar refractivity (Wildman–Crippen MR) is 125 cm³/mol. The molecular formula is C24H30ClN5O2. The van der Waals surface area contributed by atoms with E-state index in [0.29, 0.717) is 43.7 Å². The second-order valence-corrected chi connectivity index (χ2v) is 9.42. The molecule has 2 aromatic rings. The molecule has 1 aliphatic heterocycles. The maximum atomic E-state index is 12.9. The lowest BCUT2D eigenvalue weighted by Gasteiger charge is -2.36. The van der Waals surface area contributed by atoms with E-state index in [0.717, 1.165) is 29.9 Å². The van der Waals surface area contributed by atoms with Crippen molar-refractivity contribution in [2.24, 2.45) is 11.8 Å². The van der Waals surface area contributed by atoms with Crippen molar-refractivity contribution in [3.63, 3.8) is 0 Å². The standard InChI is InChI=1S/C24H30ClN5O2/c1-17(2)15-30(24(32)18-7-8-18)16-23(31)29-13-11-28(12-14-29)22-10-9-21(26-27-22)19-5-3-4-6-20(19)25/h3-6,9-10,17-18H,7-8,11-16H2,1-2H3. The van der Waals surface area contributed by atoms with Gasteiger partial charge in [-0.3, -0.25) is 9.59 Å². The van der Waals surface area contributed by atoms with E-state index in [1.807, 2.05) is 41.3 Å². The molecular weight excluding hydrogens is 426 g/mol. The van der Waals surface area contributed by atoms with Crippen molar-refractivity contribution in [2.75, 3.05) is 44.2 Å². The first-order valence-electron chi connectivity index (χ1n) is 11.3. The van der Waals surface area contributed by atoms with Crippen molar-refractivity contribution >= 4 is 29.2 Å². The highest BCUT2D eigenvalue weighted by atomic mass is 35.5. The lowest BCUT2D eigenvalue weighted by Crippen LogP contribution is -2.52. The quantitative estimate of drug-likeness (QED) is 0.640. The van der Waals surface area contributed by atoms with Gasteiger partial charge in [0, 0.05) is 44.2 Å². The number of aromatic nitrogens is 2. The van der Waals surface area contributed by atoms with E-state index in [4.69, 9.17) is 11.6 Å². The molecule has 0 bridgehead atoms. The minimum atomic E-state index is 0.0273. The molecule has 170 valence electrons. The zero-order chi connectivity index (χ0) is 22.7. The molecule has 1 aromatic carbocycles. The van der Waals surface area contributed by atoms with Gasteiger partial charge in [0.15, 0.2) is 5.82 Å². The summed E-state index contributed by atoms with van der Waals surface area (Å²) in [6.07, 6.45) is 1.91. The lowest BCUT2D eigenvalue weighted by atomic mass is 10.1. The van der Waals surface area contributed by atoms with Crippen LogP contribution in [0.2, 0.25) is 5.02 Å². The molecule has 1 aliphatic carbocycles. The molecule has 0 spiro atoms. The Kier molecular flexibility index (Phi) is 6.94. The second kappa shape index (κ2) is 9.86. The molecule has 1 saturated heterocycles. The zero-order valence-corrected chi connectivity index (χ0v) is 19.5. The maximum absolute atomic E-state index is 12.9. The number of benzene rings is 1. The van der Waals surface area contributed by atoms with E-state index < -0.39 is 0 Å². The molecule has 2 amide bonds. The first kappa shape index (κ1) is 22.5. The van der Waals surface area contributed by atoms with Crippen LogP contribution < -0.4 is 4.90 Å². The largest absolute Gasteiger partial charge is 0.352 e. The van der Waals surface area contributed by atoms with Gasteiger partial charge in [0.05, 0.1) is 17.3 Å². The maximum Gasteiger partial charge on any atom is 0.242 e. The molecule has 8 heteroatoms. The van der Waals surface area contributed by atoms with Crippen LogP contribution in [0.1, 0.15) is 26.7 Å². The highest BCUT2D eigenvalue weighted by Crippen LogP contribution is 2.31. The van der Waals surface area contributed by atoms with Crippen LogP contribution in [0.5, 0.6) is 0 Å². The summed E-state index contributed by atoms with van der Waals surface area (Å²) in [5.41, 5.74) is 1.59. The average molecular weight is 456 g/mol. The van der Waals surface area contributed by atoms with Crippen molar-refractivity contribution in [1.82, 2.24) is 20.0 Å². The number of piperazine rings is 1. The van der Waals surface area contributed by atoms with Gasteiger partial charge in [0.1, 0.15) is 0 Å². The summed E-state index contributed by atoms with van der Waals surface area (Å²) in [4.78, 5) is 31.2. The van der Waals surface area contributed by atoms with Crippen LogP contribution in [-0.4, -0.2) is 71.1 Å². The molecule has 4 rings (SSSR count). The number of nitrogens with zero attached hydrogens (tertiary/aromatic N) is 5. The van der Waals surface area contributed by atoms with Crippen LogP contribution in [0.4, 0.5) is 5.82 Å². The first-order chi connectivity index (χ1) is 15.4. The Morgan fingerprint density at radius 1 is 1.06 bits per heavy atom. The Bertz CT molecular complexity index is 953. The third-order valence-corrected chi connectivity index (χ3v) is 6.24. The molecule has 1 saturated carbocycles. The molecule has 2 heterocycles. The van der Waals surface area contributed by atoms with Crippen LogP contribution in [0.25, 0.3) is 11.3 Å². The first-order valence-corrected chi connectivity index (χ1v) is 11.7. The van der Waals surface area contributed by atoms with Gasteiger partial charge in [-0.05, 0) is 37.0 Å². The fourth-order valence-corrected chi connectivity index (χ4v) is 4.25. The molecule has 0 radical (unpaired) electrons. The molecule has 1 aromatic heterocycles. The normalized spacial score (nSPS) is 16.4. The van der Waals surface area contributed by atoms with Gasteiger partial charge in [-0.1, -0.05) is 43.6 Å². The summed E-state index contributed by atoms with van der Waals surface area (Å²) in [7, 11) is 0. The number of anilines is 1. The van der Waals surface area contributed by atoms with Crippen molar-refractivity contribution in [2.45, 2.75) is 26.7 Å². The molecule has 0 unspecified atom stereocenters. The van der Waals surface area contributed by atoms with Crippen molar-refractivity contribution in [1.29, 1.82) is 0 Å². The topological polar surface area (TPSA) is 69.6 Å². The highest BCUT2D eigenvalue weighted by Gasteiger charge is 2.35. The van der Waals surface area contributed by atoms with E-state index >= 15 is 0 Å². The van der Waals surface area contributed by atoms with Crippen molar-refractivity contribution < 1.29 is 9.59 Å². The Balaban J connectivity index is 1.32. The van der Waals surface area contributed by atoms with Gasteiger partial charge < -0.3 is 14.7 Å². The lowest BCUT2D eigenvalue weighted by molar-refractivity contribution is -0.141. The Labute approximate surface area is 194 Å². The summed E-state index contributed by atoms with van der Waals surface area (Å²) in [5, 5.41) is 9.37. The van der Waals surface area contributed by atoms with Crippen LogP contribution in [-0.2, 0) is 9.59 Å². The highest BCUT2D eigenvalue weighted by molar-refractivity contribution is 6.33. The van der Waals surface area contributed by atoms with Crippen molar-refractivity contribution in [3.8, 4) is 11.3 Å². The number of hydrogen-bond acceptors (Lipinski definition) is 5. The molecule has 0 N–H and O–H groups in total. The van der Waals surface area contributed by atoms with Gasteiger partial charge in [-0.15, -0.1) is 10.2 Å². The van der Waals surface area contributed by atoms with Crippen LogP contribution in [0.3, 0.4) is 0 Å². The van der Waals surface area contributed by atoms with Gasteiger partial charge >= 0.3 is 0 Å². The fourth-order valence-electron chi connectivity index (χ4n) is 4.02. The van der Waals surface area contributed by atoms with Gasteiger partial charge in [0.25, 0.3) is 0 Å². The van der Waals surface area contributed by atoms with Crippen LogP contribution in [0.15, 0.2) is 36.4 Å². The van der Waals surface area contributed by atoms with Crippen molar-refractivity contribution in [3.05, 3.63) is 41.4 Å². The van der Waals surface area contributed by atoms with E-state index in [-0.39, 0.29) is 24.3 Å². The smallest absolute Gasteiger partial charge is 0.242 e. The van der Waals surface area contributed by atoms with Gasteiger partial charge in [-0.25, -0.2) is 0 Å². The summed E-state index contributed by atoms with van der Waals surface area (Å²) in [5.74, 6) is 1.43. The molecule has 7 nitrogen and oxygen atoms in total. The third-order valence-electron chi connectivity index (χ3n) is 5.91. The van der Waals surface area contributed by atoms with E-state index in [9.17, 15) is 9.59 Å². The number of carbonyl (C=O) groups is 2. The number of hydrogen-bond donors (Lipinski definition) is 0. The Morgan fingerprint density at radius 2 is 1.78 bits per heavy atom. The van der Waals surface area contributed by atoms with E-state index in [1.54, 1.807) is 4.90 Å². The number of amides is 2. The summed E-state index contributed by atoms with van der Waals surface area (Å²) < 4.78 is 0. The third kappa shape index (κ3) is 5.38. The monoisotopic (exact) mass is 455 g/mol. The summed E-state index contributed by atoms with van der Waals surface area (Å²) in [6.45, 7) is 7.57. The second-order valence-electron chi connectivity index (χ2n) is 9.01. The average Bonchev–Trinajstić information content (AvgIpc) is 3.64. The van der Waals surface area contributed by atoms with Gasteiger partial charge in [0.2, 0.25) is 11.8 Å². The number of halogens is 1. The minimum Gasteiger partial charge on any atom is -0.352 e. The molecule has 2 fully saturated rings. The molecule has 2 aliphatic rings. The molecule has 0 atom stereocenters. The fraction of sp³-hybridized carbons (Fsp3) is 0.500. The van der Waals surface area contributed by atoms with E-state index in [2.05, 4.69) is 28.9 Å². The SMILES string of the molecule is CC(C)CN(CC(=O)N1CCN(c2ccc(-c3ccccc3Cl)nn2)CC1)C(=O)C1CC1. The van der Waals surface area contributed by atoms with Crippen LogP contribution in [0, 0.1) is 11.8 Å². The number of carbonyl (C=O) groups excluding carboxylic acids is 2.